The fourth-order valence-corrected chi connectivity index (χ4v) is 2.76. The smallest absolute Gasteiger partial charge is 0.173 e. The zero-order chi connectivity index (χ0) is 14.5. The van der Waals surface area contributed by atoms with E-state index >= 15 is 0 Å². The van der Waals surface area contributed by atoms with E-state index in [4.69, 9.17) is 15.7 Å². The predicted molar refractivity (Wildman–Crippen MR) is 75.6 cm³/mol. The quantitative estimate of drug-likeness (QED) is 0.385. The summed E-state index contributed by atoms with van der Waals surface area (Å²) < 4.78 is 19.2. The maximum atomic E-state index is 13.3. The van der Waals surface area contributed by atoms with Crippen LogP contribution in [0.3, 0.4) is 0 Å². The highest BCUT2D eigenvalue weighted by molar-refractivity contribution is 5.99. The Bertz CT molecular complexity index is 491. The molecule has 1 aromatic carbocycles. The van der Waals surface area contributed by atoms with Crippen molar-refractivity contribution in [3.8, 4) is 5.75 Å². The van der Waals surface area contributed by atoms with Crippen LogP contribution in [-0.4, -0.2) is 17.1 Å². The summed E-state index contributed by atoms with van der Waals surface area (Å²) in [7, 11) is 0. The molecular weight excluding hydrogens is 259 g/mol. The Hall–Kier alpha value is -1.78. The van der Waals surface area contributed by atoms with Crippen molar-refractivity contribution in [1.82, 2.24) is 0 Å². The summed E-state index contributed by atoms with van der Waals surface area (Å²) in [4.78, 5) is 0. The number of amidine groups is 1. The van der Waals surface area contributed by atoms with E-state index in [0.717, 1.165) is 25.7 Å². The van der Waals surface area contributed by atoms with Crippen molar-refractivity contribution in [2.24, 2.45) is 16.8 Å². The second kappa shape index (κ2) is 6.59. The van der Waals surface area contributed by atoms with E-state index in [-0.39, 0.29) is 11.9 Å². The standard InChI is InChI=1S/C15H21FN2O2/c1-2-10-4-3-5-12(8-10)20-14-7-6-11(16)9-13(14)15(17)18-19/h6-7,9-10,12,19H,2-5,8H2,1H3,(H2,17,18). The Morgan fingerprint density at radius 2 is 2.30 bits per heavy atom. The lowest BCUT2D eigenvalue weighted by Gasteiger charge is -2.29. The van der Waals surface area contributed by atoms with Gasteiger partial charge in [-0.2, -0.15) is 0 Å². The molecule has 0 spiro atoms. The van der Waals surface area contributed by atoms with Crippen molar-refractivity contribution in [3.05, 3.63) is 29.6 Å². The molecule has 0 aromatic heterocycles. The van der Waals surface area contributed by atoms with Crippen LogP contribution in [0.15, 0.2) is 23.4 Å². The molecule has 20 heavy (non-hydrogen) atoms. The Morgan fingerprint density at radius 3 is 3.00 bits per heavy atom. The Balaban J connectivity index is 2.16. The largest absolute Gasteiger partial charge is 0.490 e. The number of benzene rings is 1. The molecule has 2 unspecified atom stereocenters. The number of halogens is 1. The van der Waals surface area contributed by atoms with Gasteiger partial charge in [-0.15, -0.1) is 0 Å². The lowest BCUT2D eigenvalue weighted by atomic mass is 9.85. The molecule has 1 aromatic rings. The van der Waals surface area contributed by atoms with Gasteiger partial charge in [0.1, 0.15) is 11.6 Å². The molecule has 0 bridgehead atoms. The molecule has 0 radical (unpaired) electrons. The van der Waals surface area contributed by atoms with E-state index in [9.17, 15) is 4.39 Å². The summed E-state index contributed by atoms with van der Waals surface area (Å²) in [6.45, 7) is 2.19. The van der Waals surface area contributed by atoms with E-state index in [1.807, 2.05) is 0 Å². The zero-order valence-corrected chi connectivity index (χ0v) is 11.7. The van der Waals surface area contributed by atoms with E-state index in [1.54, 1.807) is 0 Å². The van der Waals surface area contributed by atoms with Gasteiger partial charge in [-0.1, -0.05) is 24.9 Å². The minimum atomic E-state index is -0.436. The minimum Gasteiger partial charge on any atom is -0.490 e. The van der Waals surface area contributed by atoms with Crippen LogP contribution in [0.5, 0.6) is 5.75 Å². The van der Waals surface area contributed by atoms with Gasteiger partial charge in [-0.05, 0) is 43.4 Å². The highest BCUT2D eigenvalue weighted by Crippen LogP contribution is 2.31. The van der Waals surface area contributed by atoms with Gasteiger partial charge in [0.15, 0.2) is 5.84 Å². The van der Waals surface area contributed by atoms with Crippen LogP contribution in [0.4, 0.5) is 4.39 Å². The third-order valence-corrected chi connectivity index (χ3v) is 3.93. The van der Waals surface area contributed by atoms with Crippen molar-refractivity contribution in [2.45, 2.75) is 45.1 Å². The highest BCUT2D eigenvalue weighted by Gasteiger charge is 2.23. The third-order valence-electron chi connectivity index (χ3n) is 3.93. The third kappa shape index (κ3) is 3.40. The molecule has 2 rings (SSSR count). The maximum Gasteiger partial charge on any atom is 0.173 e. The number of hydrogen-bond donors (Lipinski definition) is 2. The maximum absolute atomic E-state index is 13.3. The molecule has 110 valence electrons. The van der Waals surface area contributed by atoms with Crippen LogP contribution >= 0.6 is 0 Å². The molecule has 1 aliphatic carbocycles. The van der Waals surface area contributed by atoms with Crippen molar-refractivity contribution >= 4 is 5.84 Å². The van der Waals surface area contributed by atoms with Crippen molar-refractivity contribution in [3.63, 3.8) is 0 Å². The monoisotopic (exact) mass is 280 g/mol. The van der Waals surface area contributed by atoms with Gasteiger partial charge >= 0.3 is 0 Å². The number of ether oxygens (including phenoxy) is 1. The molecule has 1 fully saturated rings. The predicted octanol–water partition coefficient (Wildman–Crippen LogP) is 3.27. The van der Waals surface area contributed by atoms with E-state index < -0.39 is 5.82 Å². The first kappa shape index (κ1) is 14.6. The number of nitrogens with zero attached hydrogens (tertiary/aromatic N) is 1. The first-order valence-corrected chi connectivity index (χ1v) is 7.08. The summed E-state index contributed by atoms with van der Waals surface area (Å²) in [6.07, 6.45) is 5.64. The van der Waals surface area contributed by atoms with Gasteiger partial charge < -0.3 is 15.7 Å². The molecule has 0 saturated heterocycles. The van der Waals surface area contributed by atoms with Crippen LogP contribution in [0.1, 0.15) is 44.6 Å². The Kier molecular flexibility index (Phi) is 4.82. The zero-order valence-electron chi connectivity index (χ0n) is 11.7. The fourth-order valence-electron chi connectivity index (χ4n) is 2.76. The number of hydrogen-bond acceptors (Lipinski definition) is 3. The molecule has 0 amide bonds. The van der Waals surface area contributed by atoms with Crippen molar-refractivity contribution in [1.29, 1.82) is 0 Å². The van der Waals surface area contributed by atoms with Gasteiger partial charge in [0.25, 0.3) is 0 Å². The number of nitrogens with two attached hydrogens (primary N) is 1. The highest BCUT2D eigenvalue weighted by atomic mass is 19.1. The Morgan fingerprint density at radius 1 is 1.50 bits per heavy atom. The second-order valence-electron chi connectivity index (χ2n) is 5.31. The first-order chi connectivity index (χ1) is 9.63. The van der Waals surface area contributed by atoms with Gasteiger partial charge in [0.05, 0.1) is 11.7 Å². The average Bonchev–Trinajstić information content (AvgIpc) is 2.48. The topological polar surface area (TPSA) is 67.8 Å². The van der Waals surface area contributed by atoms with E-state index in [2.05, 4.69) is 12.1 Å². The summed E-state index contributed by atoms with van der Waals surface area (Å²) in [5.41, 5.74) is 5.87. The molecule has 4 nitrogen and oxygen atoms in total. The summed E-state index contributed by atoms with van der Waals surface area (Å²) in [5.74, 6) is 0.585. The van der Waals surface area contributed by atoms with Crippen LogP contribution in [0.2, 0.25) is 0 Å². The van der Waals surface area contributed by atoms with E-state index in [0.29, 0.717) is 17.2 Å². The first-order valence-electron chi connectivity index (χ1n) is 7.08. The van der Waals surface area contributed by atoms with Gasteiger partial charge in [0, 0.05) is 0 Å². The average molecular weight is 280 g/mol. The summed E-state index contributed by atoms with van der Waals surface area (Å²) >= 11 is 0. The lowest BCUT2D eigenvalue weighted by molar-refractivity contribution is 0.121. The fraction of sp³-hybridized carbons (Fsp3) is 0.533. The molecule has 0 aliphatic heterocycles. The van der Waals surface area contributed by atoms with Crippen molar-refractivity contribution in [2.75, 3.05) is 0 Å². The normalized spacial score (nSPS) is 23.6. The number of rotatable bonds is 4. The van der Waals surface area contributed by atoms with Gasteiger partial charge in [-0.25, -0.2) is 4.39 Å². The minimum absolute atomic E-state index is 0.115. The molecule has 1 aliphatic rings. The van der Waals surface area contributed by atoms with Crippen molar-refractivity contribution < 1.29 is 14.3 Å². The molecule has 3 N–H and O–H groups in total. The molecule has 0 heterocycles. The number of oxime groups is 1. The SMILES string of the molecule is CCC1CCCC(Oc2ccc(F)cc2C(N)=NO)C1. The molecule has 1 saturated carbocycles. The molecular formula is C15H21FN2O2. The van der Waals surface area contributed by atoms with Crippen LogP contribution in [0.25, 0.3) is 0 Å². The van der Waals surface area contributed by atoms with Gasteiger partial charge in [0.2, 0.25) is 0 Å². The van der Waals surface area contributed by atoms with Crippen LogP contribution in [-0.2, 0) is 0 Å². The summed E-state index contributed by atoms with van der Waals surface area (Å²) in [6, 6.07) is 4.09. The van der Waals surface area contributed by atoms with Gasteiger partial charge in [-0.3, -0.25) is 0 Å². The van der Waals surface area contributed by atoms with Crippen LogP contribution in [0, 0.1) is 11.7 Å². The molecule has 2 atom stereocenters. The van der Waals surface area contributed by atoms with E-state index in [1.165, 1.54) is 24.6 Å². The van der Waals surface area contributed by atoms with Crippen LogP contribution < -0.4 is 10.5 Å². The molecule has 5 heteroatoms. The lowest BCUT2D eigenvalue weighted by Crippen LogP contribution is -2.26. The second-order valence-corrected chi connectivity index (χ2v) is 5.31. The Labute approximate surface area is 118 Å². The summed E-state index contributed by atoms with van der Waals surface area (Å²) in [5, 5.41) is 11.7.